The van der Waals surface area contributed by atoms with Crippen LogP contribution in [-0.2, 0) is 18.3 Å². The molecule has 0 spiro atoms. The van der Waals surface area contributed by atoms with Gasteiger partial charge in [-0.3, -0.25) is 4.68 Å². The Bertz CT molecular complexity index is 561. The summed E-state index contributed by atoms with van der Waals surface area (Å²) in [5.41, 5.74) is 2.09. The van der Waals surface area contributed by atoms with Gasteiger partial charge < -0.3 is 10.1 Å². The number of nitrogens with one attached hydrogen (secondary N) is 1. The van der Waals surface area contributed by atoms with Crippen molar-refractivity contribution in [1.82, 2.24) is 14.8 Å². The van der Waals surface area contributed by atoms with E-state index in [4.69, 9.17) is 0 Å². The van der Waals surface area contributed by atoms with Crippen molar-refractivity contribution in [3.05, 3.63) is 28.5 Å². The zero-order valence-electron chi connectivity index (χ0n) is 10.4. The molecule has 0 unspecified atom stereocenters. The van der Waals surface area contributed by atoms with Crippen LogP contribution in [0.2, 0.25) is 0 Å². The molecule has 0 saturated carbocycles. The van der Waals surface area contributed by atoms with E-state index in [2.05, 4.69) is 20.1 Å². The molecule has 0 aromatic carbocycles. The second-order valence-corrected chi connectivity index (χ2v) is 4.82. The number of nitrogens with zero attached hydrogens (tertiary/aromatic N) is 3. The lowest BCUT2D eigenvalue weighted by Gasteiger charge is -2.00. The molecule has 1 N–H and O–H groups in total. The minimum atomic E-state index is -0.363. The van der Waals surface area contributed by atoms with Gasteiger partial charge in [-0.05, 0) is 6.92 Å². The molecular weight excluding hydrogens is 252 g/mol. The molecule has 0 amide bonds. The third kappa shape index (κ3) is 2.67. The third-order valence-corrected chi connectivity index (χ3v) is 3.37. The second kappa shape index (κ2) is 5.18. The Balaban J connectivity index is 2.00. The molecule has 0 fully saturated rings. The molecule has 18 heavy (non-hydrogen) atoms. The summed E-state index contributed by atoms with van der Waals surface area (Å²) in [5.74, 6) is -0.363. The maximum atomic E-state index is 11.3. The number of thiazole rings is 1. The van der Waals surface area contributed by atoms with Crippen molar-refractivity contribution in [2.75, 3.05) is 12.4 Å². The van der Waals surface area contributed by atoms with Crippen molar-refractivity contribution in [2.45, 2.75) is 13.5 Å². The van der Waals surface area contributed by atoms with Gasteiger partial charge in [0.2, 0.25) is 0 Å². The van der Waals surface area contributed by atoms with Crippen molar-refractivity contribution in [3.8, 4) is 0 Å². The minimum absolute atomic E-state index is 0.363. The topological polar surface area (TPSA) is 69.0 Å². The number of anilines is 1. The lowest BCUT2D eigenvalue weighted by Crippen LogP contribution is -1.99. The Hall–Kier alpha value is -1.89. The van der Waals surface area contributed by atoms with Gasteiger partial charge in [-0.1, -0.05) is 11.3 Å². The van der Waals surface area contributed by atoms with Crippen LogP contribution in [0.25, 0.3) is 0 Å². The number of ether oxygens (including phenoxy) is 1. The molecule has 0 saturated heterocycles. The number of aryl methyl sites for hydroxylation is 2. The monoisotopic (exact) mass is 266 g/mol. The van der Waals surface area contributed by atoms with Crippen LogP contribution < -0.4 is 5.32 Å². The van der Waals surface area contributed by atoms with Crippen molar-refractivity contribution in [3.63, 3.8) is 0 Å². The van der Waals surface area contributed by atoms with E-state index < -0.39 is 0 Å². The van der Waals surface area contributed by atoms with Crippen molar-refractivity contribution in [2.24, 2.45) is 7.05 Å². The van der Waals surface area contributed by atoms with Crippen LogP contribution in [-0.4, -0.2) is 27.8 Å². The van der Waals surface area contributed by atoms with Crippen molar-refractivity contribution < 1.29 is 9.53 Å². The van der Waals surface area contributed by atoms with Crippen LogP contribution >= 0.6 is 11.3 Å². The number of hydrogen-bond donors (Lipinski definition) is 1. The average molecular weight is 266 g/mol. The van der Waals surface area contributed by atoms with Gasteiger partial charge >= 0.3 is 5.97 Å². The molecule has 0 aliphatic heterocycles. The molecule has 0 aliphatic rings. The number of esters is 1. The van der Waals surface area contributed by atoms with E-state index in [1.54, 1.807) is 4.68 Å². The van der Waals surface area contributed by atoms with Gasteiger partial charge in [0.1, 0.15) is 4.88 Å². The molecule has 6 nitrogen and oxygen atoms in total. The first kappa shape index (κ1) is 12.6. The predicted molar refractivity (Wildman–Crippen MR) is 68.7 cm³/mol. The highest BCUT2D eigenvalue weighted by Crippen LogP contribution is 2.19. The first-order valence-electron chi connectivity index (χ1n) is 5.37. The molecule has 2 aromatic heterocycles. The fraction of sp³-hybridized carbons (Fsp3) is 0.364. The number of hydrogen-bond acceptors (Lipinski definition) is 6. The van der Waals surface area contributed by atoms with E-state index >= 15 is 0 Å². The molecule has 2 rings (SSSR count). The van der Waals surface area contributed by atoms with Crippen molar-refractivity contribution in [1.29, 1.82) is 0 Å². The summed E-state index contributed by atoms with van der Waals surface area (Å²) in [5, 5.41) is 8.11. The van der Waals surface area contributed by atoms with Crippen LogP contribution in [0.1, 0.15) is 20.9 Å². The SMILES string of the molecule is COC(=O)c1cnc(NCc2cn(C)nc2C)s1. The molecule has 0 aliphatic carbocycles. The first-order valence-corrected chi connectivity index (χ1v) is 6.19. The zero-order chi connectivity index (χ0) is 13.1. The Morgan fingerprint density at radius 2 is 2.39 bits per heavy atom. The summed E-state index contributed by atoms with van der Waals surface area (Å²) in [7, 11) is 3.24. The van der Waals surface area contributed by atoms with Gasteiger partial charge in [0.25, 0.3) is 0 Å². The Kier molecular flexibility index (Phi) is 3.61. The zero-order valence-corrected chi connectivity index (χ0v) is 11.2. The molecule has 7 heteroatoms. The fourth-order valence-corrected chi connectivity index (χ4v) is 2.27. The minimum Gasteiger partial charge on any atom is -0.465 e. The molecule has 0 radical (unpaired) electrons. The highest BCUT2D eigenvalue weighted by molar-refractivity contribution is 7.17. The maximum Gasteiger partial charge on any atom is 0.349 e. The largest absolute Gasteiger partial charge is 0.465 e. The maximum absolute atomic E-state index is 11.3. The number of methoxy groups -OCH3 is 1. The number of carbonyl (C=O) groups is 1. The summed E-state index contributed by atoms with van der Waals surface area (Å²) in [6.07, 6.45) is 3.46. The van der Waals surface area contributed by atoms with E-state index in [1.165, 1.54) is 24.6 Å². The van der Waals surface area contributed by atoms with Crippen LogP contribution in [0.3, 0.4) is 0 Å². The highest BCUT2D eigenvalue weighted by atomic mass is 32.1. The Morgan fingerprint density at radius 1 is 1.61 bits per heavy atom. The van der Waals surface area contributed by atoms with Crippen LogP contribution in [0.15, 0.2) is 12.4 Å². The lowest BCUT2D eigenvalue weighted by atomic mass is 10.3. The lowest BCUT2D eigenvalue weighted by molar-refractivity contribution is 0.0606. The summed E-state index contributed by atoms with van der Waals surface area (Å²) in [6.45, 7) is 2.59. The molecule has 96 valence electrons. The van der Waals surface area contributed by atoms with Gasteiger partial charge in [-0.25, -0.2) is 9.78 Å². The van der Waals surface area contributed by atoms with E-state index in [9.17, 15) is 4.79 Å². The fourth-order valence-electron chi connectivity index (χ4n) is 1.54. The van der Waals surface area contributed by atoms with Crippen LogP contribution in [0.5, 0.6) is 0 Å². The number of carbonyl (C=O) groups excluding carboxylic acids is 1. The van der Waals surface area contributed by atoms with E-state index in [-0.39, 0.29) is 5.97 Å². The second-order valence-electron chi connectivity index (χ2n) is 3.79. The van der Waals surface area contributed by atoms with Crippen LogP contribution in [0, 0.1) is 6.92 Å². The Morgan fingerprint density at radius 3 is 3.00 bits per heavy atom. The predicted octanol–water partition coefficient (Wildman–Crippen LogP) is 1.58. The quantitative estimate of drug-likeness (QED) is 0.851. The molecule has 2 aromatic rings. The van der Waals surface area contributed by atoms with E-state index in [1.807, 2.05) is 20.2 Å². The summed E-state index contributed by atoms with van der Waals surface area (Å²) in [6, 6.07) is 0. The highest BCUT2D eigenvalue weighted by Gasteiger charge is 2.10. The smallest absolute Gasteiger partial charge is 0.349 e. The normalized spacial score (nSPS) is 10.4. The molecule has 2 heterocycles. The van der Waals surface area contributed by atoms with Gasteiger partial charge in [-0.2, -0.15) is 5.10 Å². The summed E-state index contributed by atoms with van der Waals surface area (Å²) >= 11 is 1.27. The van der Waals surface area contributed by atoms with Gasteiger partial charge in [-0.15, -0.1) is 0 Å². The molecular formula is C11H14N4O2S. The molecule has 0 bridgehead atoms. The van der Waals surface area contributed by atoms with Crippen LogP contribution in [0.4, 0.5) is 5.13 Å². The third-order valence-electron chi connectivity index (χ3n) is 2.44. The standard InChI is InChI=1S/C11H14N4O2S/c1-7-8(6-15(2)14-7)4-12-11-13-5-9(18-11)10(16)17-3/h5-6H,4H2,1-3H3,(H,12,13). The number of rotatable bonds is 4. The average Bonchev–Trinajstić information content (AvgIpc) is 2.92. The molecule has 0 atom stereocenters. The summed E-state index contributed by atoms with van der Waals surface area (Å²) in [4.78, 5) is 15.9. The number of aromatic nitrogens is 3. The van der Waals surface area contributed by atoms with E-state index in [0.29, 0.717) is 16.6 Å². The van der Waals surface area contributed by atoms with E-state index in [0.717, 1.165) is 11.3 Å². The van der Waals surface area contributed by atoms with Gasteiger partial charge in [0.15, 0.2) is 5.13 Å². The van der Waals surface area contributed by atoms with Gasteiger partial charge in [0, 0.05) is 25.4 Å². The Labute approximate surface area is 109 Å². The summed E-state index contributed by atoms with van der Waals surface area (Å²) < 4.78 is 6.40. The first-order chi connectivity index (χ1) is 8.60. The van der Waals surface area contributed by atoms with Gasteiger partial charge in [0.05, 0.1) is 19.0 Å². The van der Waals surface area contributed by atoms with Crippen molar-refractivity contribution >= 4 is 22.4 Å².